The van der Waals surface area contributed by atoms with Gasteiger partial charge in [-0.05, 0) is 18.2 Å². The van der Waals surface area contributed by atoms with Crippen LogP contribution < -0.4 is 29.0 Å². The number of anilines is 1. The molecule has 1 amide bonds. The summed E-state index contributed by atoms with van der Waals surface area (Å²) in [5, 5.41) is 4.82. The van der Waals surface area contributed by atoms with Crippen LogP contribution in [-0.4, -0.2) is 50.8 Å². The van der Waals surface area contributed by atoms with Crippen molar-refractivity contribution < 1.29 is 28.5 Å². The van der Waals surface area contributed by atoms with Crippen LogP contribution >= 0.6 is 11.3 Å². The third kappa shape index (κ3) is 4.44. The molecule has 34 heavy (non-hydrogen) atoms. The molecular weight excluding hydrogens is 458 g/mol. The van der Waals surface area contributed by atoms with E-state index in [-0.39, 0.29) is 12.3 Å². The van der Waals surface area contributed by atoms with Gasteiger partial charge < -0.3 is 29.0 Å². The first kappa shape index (κ1) is 23.2. The number of benzene rings is 2. The SMILES string of the molecule is COc1ccc(-c2cn3c(CC(=O)Nc4cc(OC)c(OC)c(OC)c4)csc3n2)cc1OC. The van der Waals surface area contributed by atoms with Crippen molar-refractivity contribution in [2.45, 2.75) is 6.42 Å². The van der Waals surface area contributed by atoms with E-state index in [1.165, 1.54) is 32.7 Å². The summed E-state index contributed by atoms with van der Waals surface area (Å²) < 4.78 is 28.7. The van der Waals surface area contributed by atoms with Gasteiger partial charge in [0.2, 0.25) is 11.7 Å². The average Bonchev–Trinajstić information content (AvgIpc) is 3.44. The Kier molecular flexibility index (Phi) is 6.78. The zero-order chi connectivity index (χ0) is 24.2. The fourth-order valence-corrected chi connectivity index (χ4v) is 4.49. The largest absolute Gasteiger partial charge is 0.493 e. The molecule has 0 aliphatic rings. The highest BCUT2D eigenvalue weighted by Gasteiger charge is 2.17. The molecule has 9 nitrogen and oxygen atoms in total. The minimum Gasteiger partial charge on any atom is -0.493 e. The normalized spacial score (nSPS) is 10.7. The highest BCUT2D eigenvalue weighted by Crippen LogP contribution is 2.40. The van der Waals surface area contributed by atoms with Gasteiger partial charge in [0.1, 0.15) is 0 Å². The Hall–Kier alpha value is -3.92. The number of carbonyl (C=O) groups excluding carboxylic acids is 1. The Bertz CT molecular complexity index is 1300. The molecule has 0 aliphatic carbocycles. The molecule has 0 atom stereocenters. The zero-order valence-corrected chi connectivity index (χ0v) is 20.3. The van der Waals surface area contributed by atoms with E-state index < -0.39 is 0 Å². The summed E-state index contributed by atoms with van der Waals surface area (Å²) in [6, 6.07) is 9.02. The second-order valence-electron chi connectivity index (χ2n) is 7.21. The van der Waals surface area contributed by atoms with E-state index in [9.17, 15) is 4.79 Å². The molecule has 0 bridgehead atoms. The molecule has 2 aromatic heterocycles. The molecule has 0 aliphatic heterocycles. The standard InChI is InChI=1S/C24H25N3O6S/c1-29-18-7-6-14(8-19(18)30-2)17-12-27-16(13-34-24(27)26-17)11-22(28)25-15-9-20(31-3)23(33-5)21(10-15)32-4/h6-10,12-13H,11H2,1-5H3,(H,25,28). The summed E-state index contributed by atoms with van der Waals surface area (Å²) in [5.41, 5.74) is 3.03. The van der Waals surface area contributed by atoms with E-state index in [1.807, 2.05) is 34.2 Å². The fraction of sp³-hybridized carbons (Fsp3) is 0.250. The number of aromatic nitrogens is 2. The van der Waals surface area contributed by atoms with Crippen molar-refractivity contribution in [3.63, 3.8) is 0 Å². The third-order valence-corrected chi connectivity index (χ3v) is 6.14. The van der Waals surface area contributed by atoms with E-state index in [2.05, 4.69) is 5.32 Å². The Morgan fingerprint density at radius 3 is 2.21 bits per heavy atom. The lowest BCUT2D eigenvalue weighted by atomic mass is 10.1. The first-order chi connectivity index (χ1) is 16.5. The fourth-order valence-electron chi connectivity index (χ4n) is 3.61. The van der Waals surface area contributed by atoms with Crippen molar-refractivity contribution in [2.24, 2.45) is 0 Å². The number of nitrogens with one attached hydrogen (secondary N) is 1. The second-order valence-corrected chi connectivity index (χ2v) is 8.05. The van der Waals surface area contributed by atoms with Crippen molar-refractivity contribution in [3.05, 3.63) is 47.6 Å². The van der Waals surface area contributed by atoms with Crippen LogP contribution in [0.2, 0.25) is 0 Å². The number of ether oxygens (including phenoxy) is 5. The highest BCUT2D eigenvalue weighted by atomic mass is 32.1. The quantitative estimate of drug-likeness (QED) is 0.380. The molecule has 1 N–H and O–H groups in total. The lowest BCUT2D eigenvalue weighted by Gasteiger charge is -2.14. The van der Waals surface area contributed by atoms with Crippen molar-refractivity contribution in [2.75, 3.05) is 40.9 Å². The average molecular weight is 484 g/mol. The van der Waals surface area contributed by atoms with Crippen LogP contribution in [0.3, 0.4) is 0 Å². The highest BCUT2D eigenvalue weighted by molar-refractivity contribution is 7.15. The van der Waals surface area contributed by atoms with E-state index in [0.717, 1.165) is 21.9 Å². The Morgan fingerprint density at radius 2 is 1.59 bits per heavy atom. The molecule has 4 rings (SSSR count). The van der Waals surface area contributed by atoms with Crippen LogP contribution in [0, 0.1) is 0 Å². The van der Waals surface area contributed by atoms with Gasteiger partial charge in [0, 0.05) is 40.7 Å². The van der Waals surface area contributed by atoms with E-state index in [1.54, 1.807) is 26.4 Å². The summed E-state index contributed by atoms with van der Waals surface area (Å²) >= 11 is 1.47. The minimum absolute atomic E-state index is 0.165. The van der Waals surface area contributed by atoms with Crippen molar-refractivity contribution >= 4 is 27.9 Å². The first-order valence-corrected chi connectivity index (χ1v) is 11.2. The van der Waals surface area contributed by atoms with Gasteiger partial charge in [-0.25, -0.2) is 4.98 Å². The molecule has 0 saturated heterocycles. The number of nitrogens with zero attached hydrogens (tertiary/aromatic N) is 2. The van der Waals surface area contributed by atoms with E-state index >= 15 is 0 Å². The summed E-state index contributed by atoms with van der Waals surface area (Å²) in [5.74, 6) is 2.48. The van der Waals surface area contributed by atoms with Crippen LogP contribution in [0.25, 0.3) is 16.2 Å². The van der Waals surface area contributed by atoms with E-state index in [4.69, 9.17) is 28.7 Å². The molecule has 0 saturated carbocycles. The number of imidazole rings is 1. The Morgan fingerprint density at radius 1 is 0.912 bits per heavy atom. The first-order valence-electron chi connectivity index (χ1n) is 10.3. The molecule has 0 fully saturated rings. The van der Waals surface area contributed by atoms with Crippen LogP contribution in [0.1, 0.15) is 5.69 Å². The minimum atomic E-state index is -0.185. The van der Waals surface area contributed by atoms with E-state index in [0.29, 0.717) is 34.4 Å². The van der Waals surface area contributed by atoms with Gasteiger partial charge in [0.25, 0.3) is 0 Å². The molecule has 2 aromatic carbocycles. The van der Waals surface area contributed by atoms with Gasteiger partial charge in [-0.2, -0.15) is 0 Å². The topological polar surface area (TPSA) is 92.6 Å². The maximum absolute atomic E-state index is 12.8. The van der Waals surface area contributed by atoms with Crippen LogP contribution in [0.15, 0.2) is 41.9 Å². The number of hydrogen-bond acceptors (Lipinski definition) is 8. The number of fused-ring (bicyclic) bond motifs is 1. The lowest BCUT2D eigenvalue weighted by Crippen LogP contribution is -2.15. The van der Waals surface area contributed by atoms with Crippen LogP contribution in [0.4, 0.5) is 5.69 Å². The zero-order valence-electron chi connectivity index (χ0n) is 19.5. The maximum Gasteiger partial charge on any atom is 0.230 e. The van der Waals surface area contributed by atoms with Gasteiger partial charge >= 0.3 is 0 Å². The number of methoxy groups -OCH3 is 5. The van der Waals surface area contributed by atoms with Gasteiger partial charge in [-0.3, -0.25) is 9.20 Å². The van der Waals surface area contributed by atoms with Crippen molar-refractivity contribution in [1.29, 1.82) is 0 Å². The number of hydrogen-bond donors (Lipinski definition) is 1. The number of carbonyl (C=O) groups is 1. The molecule has 4 aromatic rings. The molecule has 0 spiro atoms. The molecule has 0 radical (unpaired) electrons. The predicted octanol–water partition coefficient (Wildman–Crippen LogP) is 4.29. The number of thiazole rings is 1. The third-order valence-electron chi connectivity index (χ3n) is 5.25. The van der Waals surface area contributed by atoms with Crippen LogP contribution in [-0.2, 0) is 11.2 Å². The van der Waals surface area contributed by atoms with Crippen LogP contribution in [0.5, 0.6) is 28.7 Å². The van der Waals surface area contributed by atoms with Crippen molar-refractivity contribution in [3.8, 4) is 40.0 Å². The van der Waals surface area contributed by atoms with Crippen molar-refractivity contribution in [1.82, 2.24) is 9.38 Å². The Balaban J connectivity index is 1.55. The predicted molar refractivity (Wildman–Crippen MR) is 130 cm³/mol. The van der Waals surface area contributed by atoms with Gasteiger partial charge in [0.05, 0.1) is 47.7 Å². The van der Waals surface area contributed by atoms with Gasteiger partial charge in [-0.1, -0.05) is 0 Å². The summed E-state index contributed by atoms with van der Waals surface area (Å²) in [7, 11) is 7.78. The molecule has 10 heteroatoms. The summed E-state index contributed by atoms with van der Waals surface area (Å²) in [6.45, 7) is 0. The summed E-state index contributed by atoms with van der Waals surface area (Å²) in [4.78, 5) is 18.3. The summed E-state index contributed by atoms with van der Waals surface area (Å²) in [6.07, 6.45) is 2.08. The molecule has 178 valence electrons. The smallest absolute Gasteiger partial charge is 0.230 e. The lowest BCUT2D eigenvalue weighted by molar-refractivity contribution is -0.115. The monoisotopic (exact) mass is 483 g/mol. The maximum atomic E-state index is 12.8. The molecule has 2 heterocycles. The van der Waals surface area contributed by atoms with Gasteiger partial charge in [-0.15, -0.1) is 11.3 Å². The number of amides is 1. The second kappa shape index (κ2) is 9.92. The van der Waals surface area contributed by atoms with Gasteiger partial charge in [0.15, 0.2) is 28.0 Å². The molecule has 0 unspecified atom stereocenters. The Labute approximate surface area is 200 Å². The number of rotatable bonds is 9. The molecular formula is C24H25N3O6S.